The second-order valence-electron chi connectivity index (χ2n) is 4.63. The van der Waals surface area contributed by atoms with Crippen molar-refractivity contribution in [2.75, 3.05) is 11.1 Å². The van der Waals surface area contributed by atoms with Crippen molar-refractivity contribution >= 4 is 17.1 Å². The van der Waals surface area contributed by atoms with E-state index in [2.05, 4.69) is 5.32 Å². The number of rotatable bonds is 0. The molecule has 0 aromatic heterocycles. The van der Waals surface area contributed by atoms with E-state index in [1.165, 1.54) is 0 Å². The van der Waals surface area contributed by atoms with Crippen LogP contribution < -0.4 is 15.8 Å². The van der Waals surface area contributed by atoms with Crippen LogP contribution in [0.4, 0.5) is 17.1 Å². The third-order valence-corrected chi connectivity index (χ3v) is 3.06. The van der Waals surface area contributed by atoms with Crippen LogP contribution in [0.5, 0.6) is 11.5 Å². The smallest absolute Gasteiger partial charge is 0.150 e. The number of nitrogens with one attached hydrogen (secondary N) is 1. The highest BCUT2D eigenvalue weighted by Gasteiger charge is 2.13. The van der Waals surface area contributed by atoms with Gasteiger partial charge in [-0.15, -0.1) is 0 Å². The summed E-state index contributed by atoms with van der Waals surface area (Å²) in [6, 6.07) is 25.3. The highest BCUT2D eigenvalue weighted by atomic mass is 16.5. The summed E-state index contributed by atoms with van der Waals surface area (Å²) in [5, 5.41) is 3.32. The lowest BCUT2D eigenvalue weighted by atomic mass is 10.2. The van der Waals surface area contributed by atoms with Crippen LogP contribution >= 0.6 is 0 Å². The number of benzene rings is 3. The van der Waals surface area contributed by atoms with Crippen LogP contribution in [0.25, 0.3) is 0 Å². The number of fused-ring (bicyclic) bond motifs is 2. The van der Waals surface area contributed by atoms with Crippen molar-refractivity contribution in [2.24, 2.45) is 0 Å². The topological polar surface area (TPSA) is 47.3 Å². The van der Waals surface area contributed by atoms with Gasteiger partial charge in [0.05, 0.1) is 11.4 Å². The Labute approximate surface area is 124 Å². The summed E-state index contributed by atoms with van der Waals surface area (Å²) in [7, 11) is 0. The van der Waals surface area contributed by atoms with Gasteiger partial charge in [0.25, 0.3) is 0 Å². The van der Waals surface area contributed by atoms with E-state index in [1.807, 2.05) is 78.9 Å². The van der Waals surface area contributed by atoms with Crippen LogP contribution in [0.3, 0.4) is 0 Å². The molecule has 0 bridgehead atoms. The van der Waals surface area contributed by atoms with Crippen LogP contribution in [0.15, 0.2) is 78.9 Å². The zero-order valence-electron chi connectivity index (χ0n) is 11.5. The lowest BCUT2D eigenvalue weighted by molar-refractivity contribution is 0.481. The quantitative estimate of drug-likeness (QED) is 0.453. The molecule has 0 radical (unpaired) electrons. The molecule has 4 rings (SSSR count). The molecule has 3 aromatic rings. The molecule has 0 spiro atoms. The van der Waals surface area contributed by atoms with Crippen molar-refractivity contribution in [3.05, 3.63) is 78.9 Å². The monoisotopic (exact) mass is 276 g/mol. The van der Waals surface area contributed by atoms with Crippen LogP contribution in [0, 0.1) is 0 Å². The first kappa shape index (κ1) is 13.1. The van der Waals surface area contributed by atoms with Gasteiger partial charge < -0.3 is 15.8 Å². The molecule has 1 heterocycles. The maximum Gasteiger partial charge on any atom is 0.150 e. The summed E-state index contributed by atoms with van der Waals surface area (Å²) in [5.41, 5.74) is 8.22. The number of hydrogen-bond acceptors (Lipinski definition) is 3. The van der Waals surface area contributed by atoms with Crippen molar-refractivity contribution in [1.82, 2.24) is 0 Å². The van der Waals surface area contributed by atoms with E-state index in [0.717, 1.165) is 28.6 Å². The molecule has 3 heteroatoms. The van der Waals surface area contributed by atoms with E-state index in [4.69, 9.17) is 10.5 Å². The molecule has 0 amide bonds. The van der Waals surface area contributed by atoms with E-state index in [1.54, 1.807) is 0 Å². The zero-order chi connectivity index (χ0) is 14.5. The SMILES string of the molecule is Nc1ccccc1.c1ccc2c(c1)Nc1ccccc1O2. The minimum absolute atomic E-state index is 0.822. The largest absolute Gasteiger partial charge is 0.453 e. The molecule has 1 aliphatic rings. The molecule has 3 nitrogen and oxygen atoms in total. The molecule has 0 atom stereocenters. The van der Waals surface area contributed by atoms with Gasteiger partial charge >= 0.3 is 0 Å². The molecule has 21 heavy (non-hydrogen) atoms. The summed E-state index contributed by atoms with van der Waals surface area (Å²) in [6.45, 7) is 0. The molecule has 0 saturated heterocycles. The summed E-state index contributed by atoms with van der Waals surface area (Å²) in [5.74, 6) is 1.76. The summed E-state index contributed by atoms with van der Waals surface area (Å²) in [6.07, 6.45) is 0. The van der Waals surface area contributed by atoms with Crippen molar-refractivity contribution in [2.45, 2.75) is 0 Å². The summed E-state index contributed by atoms with van der Waals surface area (Å²) in [4.78, 5) is 0. The minimum Gasteiger partial charge on any atom is -0.453 e. The fraction of sp³-hybridized carbons (Fsp3) is 0. The summed E-state index contributed by atoms with van der Waals surface area (Å²) >= 11 is 0. The molecule has 1 aliphatic heterocycles. The van der Waals surface area contributed by atoms with Crippen LogP contribution in [0.1, 0.15) is 0 Å². The van der Waals surface area contributed by atoms with Gasteiger partial charge in [-0.1, -0.05) is 42.5 Å². The Hall–Kier alpha value is -2.94. The van der Waals surface area contributed by atoms with Gasteiger partial charge in [-0.25, -0.2) is 0 Å². The third-order valence-electron chi connectivity index (χ3n) is 3.06. The van der Waals surface area contributed by atoms with E-state index >= 15 is 0 Å². The molecular formula is C18H16N2O. The Bertz CT molecular complexity index is 639. The molecule has 0 unspecified atom stereocenters. The van der Waals surface area contributed by atoms with Gasteiger partial charge in [-0.3, -0.25) is 0 Å². The standard InChI is InChI=1S/C12H9NO.C6H7N/c1-3-7-11-9(5-1)13-10-6-2-4-8-12(10)14-11;7-6-4-2-1-3-5-6/h1-8,13H;1-5H,7H2. The Morgan fingerprint density at radius 1 is 0.619 bits per heavy atom. The lowest BCUT2D eigenvalue weighted by Crippen LogP contribution is -2.01. The fourth-order valence-corrected chi connectivity index (χ4v) is 2.03. The maximum absolute atomic E-state index is 5.71. The lowest BCUT2D eigenvalue weighted by Gasteiger charge is -2.20. The van der Waals surface area contributed by atoms with Crippen molar-refractivity contribution < 1.29 is 4.74 Å². The van der Waals surface area contributed by atoms with E-state index in [0.29, 0.717) is 0 Å². The molecule has 3 aromatic carbocycles. The summed E-state index contributed by atoms with van der Waals surface area (Å²) < 4.78 is 5.71. The van der Waals surface area contributed by atoms with E-state index in [9.17, 15) is 0 Å². The average molecular weight is 276 g/mol. The minimum atomic E-state index is 0.822. The Kier molecular flexibility index (Phi) is 3.74. The zero-order valence-corrected chi connectivity index (χ0v) is 11.5. The second kappa shape index (κ2) is 6.01. The number of hydrogen-bond donors (Lipinski definition) is 2. The third kappa shape index (κ3) is 3.15. The van der Waals surface area contributed by atoms with Gasteiger partial charge in [-0.2, -0.15) is 0 Å². The van der Waals surface area contributed by atoms with Gasteiger partial charge in [0.2, 0.25) is 0 Å². The molecule has 0 fully saturated rings. The molecule has 3 N–H and O–H groups in total. The normalized spacial score (nSPS) is 10.9. The Morgan fingerprint density at radius 3 is 1.57 bits per heavy atom. The first-order valence-electron chi connectivity index (χ1n) is 6.76. The van der Waals surface area contributed by atoms with Gasteiger partial charge in [0.15, 0.2) is 11.5 Å². The van der Waals surface area contributed by atoms with Crippen LogP contribution in [0.2, 0.25) is 0 Å². The van der Waals surface area contributed by atoms with Crippen LogP contribution in [-0.4, -0.2) is 0 Å². The first-order valence-corrected chi connectivity index (χ1v) is 6.76. The van der Waals surface area contributed by atoms with Crippen molar-refractivity contribution in [3.8, 4) is 11.5 Å². The Morgan fingerprint density at radius 2 is 1.10 bits per heavy atom. The second-order valence-corrected chi connectivity index (χ2v) is 4.63. The maximum atomic E-state index is 5.71. The van der Waals surface area contributed by atoms with E-state index in [-0.39, 0.29) is 0 Å². The highest BCUT2D eigenvalue weighted by molar-refractivity contribution is 5.75. The molecule has 0 aliphatic carbocycles. The van der Waals surface area contributed by atoms with Gasteiger partial charge in [0, 0.05) is 5.69 Å². The molecule has 0 saturated carbocycles. The highest BCUT2D eigenvalue weighted by Crippen LogP contribution is 2.40. The predicted octanol–water partition coefficient (Wildman–Crippen LogP) is 4.80. The van der Waals surface area contributed by atoms with Crippen molar-refractivity contribution in [1.29, 1.82) is 0 Å². The Balaban J connectivity index is 0.000000160. The van der Waals surface area contributed by atoms with E-state index < -0.39 is 0 Å². The predicted molar refractivity (Wildman–Crippen MR) is 87.1 cm³/mol. The number of nitrogen functional groups attached to an aromatic ring is 1. The molecular weight excluding hydrogens is 260 g/mol. The van der Waals surface area contributed by atoms with Gasteiger partial charge in [-0.05, 0) is 36.4 Å². The average Bonchev–Trinajstić information content (AvgIpc) is 2.54. The van der Waals surface area contributed by atoms with Crippen LogP contribution in [-0.2, 0) is 0 Å². The number of ether oxygens (including phenoxy) is 1. The number of nitrogens with two attached hydrogens (primary N) is 1. The van der Waals surface area contributed by atoms with Gasteiger partial charge in [0.1, 0.15) is 0 Å². The fourth-order valence-electron chi connectivity index (χ4n) is 2.03. The number of anilines is 3. The first-order chi connectivity index (χ1) is 10.3. The molecule has 104 valence electrons. The van der Waals surface area contributed by atoms with Crippen molar-refractivity contribution in [3.63, 3.8) is 0 Å². The number of para-hydroxylation sites is 5.